The van der Waals surface area contributed by atoms with Crippen LogP contribution in [0, 0.1) is 18.6 Å². The Kier molecular flexibility index (Phi) is 11.0. The van der Waals surface area contributed by atoms with E-state index in [0.717, 1.165) is 57.1 Å². The van der Waals surface area contributed by atoms with Gasteiger partial charge in [-0.05, 0) is 55.5 Å². The normalized spacial score (nSPS) is 14.4. The molecule has 0 unspecified atom stereocenters. The van der Waals surface area contributed by atoms with Crippen LogP contribution in [0.3, 0.4) is 0 Å². The third-order valence-electron chi connectivity index (χ3n) is 5.98. The number of aliphatic hydroxyl groups is 1. The second-order valence-electron chi connectivity index (χ2n) is 8.67. The number of amides is 2. The van der Waals surface area contributed by atoms with Gasteiger partial charge in [0.1, 0.15) is 23.2 Å². The van der Waals surface area contributed by atoms with E-state index >= 15 is 0 Å². The lowest BCUT2D eigenvalue weighted by Gasteiger charge is -2.34. The molecule has 37 heavy (non-hydrogen) atoms. The molecule has 2 aromatic rings. The van der Waals surface area contributed by atoms with Gasteiger partial charge in [0.05, 0.1) is 19.3 Å². The van der Waals surface area contributed by atoms with E-state index in [1.54, 1.807) is 6.92 Å². The summed E-state index contributed by atoms with van der Waals surface area (Å²) in [4.78, 5) is 29.3. The van der Waals surface area contributed by atoms with Crippen molar-refractivity contribution in [3.63, 3.8) is 0 Å². The number of aliphatic hydroxyl groups excluding tert-OH is 1. The van der Waals surface area contributed by atoms with Gasteiger partial charge in [0.15, 0.2) is 5.56 Å². The van der Waals surface area contributed by atoms with Crippen LogP contribution in [0.5, 0.6) is 5.88 Å². The Hall–Kier alpha value is -2.87. The molecule has 13 heteroatoms. The maximum Gasteiger partial charge on any atom is 0.346 e. The molecule has 1 aromatic heterocycles. The molecule has 1 aromatic carbocycles. The molecule has 3 rings (SSSR count). The number of unbranched alkanes of at least 4 members (excludes halogenated alkanes) is 1. The molecule has 0 spiro atoms. The summed E-state index contributed by atoms with van der Waals surface area (Å²) in [5.41, 5.74) is 0.00172. The number of β-amino-alcohol motifs (C(OH)–C–C–N with tert-alkyl or cyclic N) is 1. The summed E-state index contributed by atoms with van der Waals surface area (Å²) in [6.45, 7) is 7.15. The third kappa shape index (κ3) is 8.32. The van der Waals surface area contributed by atoms with Crippen molar-refractivity contribution in [1.29, 1.82) is 0 Å². The summed E-state index contributed by atoms with van der Waals surface area (Å²) in [6, 6.07) is 1.84. The topological polar surface area (TPSA) is 116 Å². The highest BCUT2D eigenvalue weighted by Crippen LogP contribution is 2.32. The van der Waals surface area contributed by atoms with E-state index in [0.29, 0.717) is 18.7 Å². The molecule has 10 nitrogen and oxygen atoms in total. The summed E-state index contributed by atoms with van der Waals surface area (Å²) in [7, 11) is 1.17. The van der Waals surface area contributed by atoms with Gasteiger partial charge in [-0.1, -0.05) is 0 Å². The highest BCUT2D eigenvalue weighted by Gasteiger charge is 2.25. The summed E-state index contributed by atoms with van der Waals surface area (Å²) in [5, 5.41) is 14.4. The predicted molar refractivity (Wildman–Crippen MR) is 135 cm³/mol. The van der Waals surface area contributed by atoms with Crippen LogP contribution in [0.1, 0.15) is 34.3 Å². The van der Waals surface area contributed by atoms with Crippen LogP contribution in [-0.4, -0.2) is 90.8 Å². The number of halogens is 2. The van der Waals surface area contributed by atoms with E-state index < -0.39 is 30.2 Å². The maximum absolute atomic E-state index is 14.1. The number of hydrogen-bond donors (Lipinski definition) is 3. The van der Waals surface area contributed by atoms with Gasteiger partial charge < -0.3 is 24.8 Å². The molecule has 2 amide bonds. The molecule has 0 saturated carbocycles. The van der Waals surface area contributed by atoms with E-state index in [9.17, 15) is 18.4 Å². The largest absolute Gasteiger partial charge is 0.471 e. The number of esters is 1. The van der Waals surface area contributed by atoms with E-state index in [1.165, 1.54) is 19.2 Å². The average Bonchev–Trinajstić information content (AvgIpc) is 3.26. The van der Waals surface area contributed by atoms with Crippen molar-refractivity contribution >= 4 is 28.5 Å². The zero-order chi connectivity index (χ0) is 26.8. The van der Waals surface area contributed by atoms with Gasteiger partial charge in [0.25, 0.3) is 0 Å². The smallest absolute Gasteiger partial charge is 0.346 e. The number of methoxy groups -OCH3 is 1. The molecular weight excluding hydrogens is 508 g/mol. The number of piperazine rings is 1. The van der Waals surface area contributed by atoms with Crippen LogP contribution >= 0.6 is 11.5 Å². The number of hydrogen-bond acceptors (Lipinski definition) is 9. The van der Waals surface area contributed by atoms with E-state index in [2.05, 4.69) is 24.8 Å². The number of carbonyl (C=O) groups is 2. The lowest BCUT2D eigenvalue weighted by Crippen LogP contribution is -2.47. The molecule has 1 aliphatic rings. The fourth-order valence-electron chi connectivity index (χ4n) is 3.94. The monoisotopic (exact) mass is 541 g/mol. The molecule has 1 fully saturated rings. The Morgan fingerprint density at radius 2 is 1.76 bits per heavy atom. The number of urea groups is 1. The van der Waals surface area contributed by atoms with Crippen molar-refractivity contribution < 1.29 is 33.0 Å². The van der Waals surface area contributed by atoms with Crippen LogP contribution in [-0.2, 0) is 11.3 Å². The van der Waals surface area contributed by atoms with Crippen molar-refractivity contribution in [2.24, 2.45) is 0 Å². The first-order chi connectivity index (χ1) is 17.8. The number of aryl methyl sites for hydroxylation is 1. The van der Waals surface area contributed by atoms with Gasteiger partial charge in [-0.25, -0.2) is 18.4 Å². The minimum atomic E-state index is -0.803. The van der Waals surface area contributed by atoms with Gasteiger partial charge in [0, 0.05) is 39.3 Å². The summed E-state index contributed by atoms with van der Waals surface area (Å²) >= 11 is 0.799. The maximum atomic E-state index is 14.1. The quantitative estimate of drug-likeness (QED) is 0.278. The van der Waals surface area contributed by atoms with E-state index in [1.807, 2.05) is 0 Å². The molecule has 0 radical (unpaired) electrons. The van der Waals surface area contributed by atoms with Gasteiger partial charge in [-0.3, -0.25) is 10.2 Å². The Morgan fingerprint density at radius 1 is 1.11 bits per heavy atom. The van der Waals surface area contributed by atoms with Crippen LogP contribution in [0.15, 0.2) is 12.1 Å². The van der Waals surface area contributed by atoms with Gasteiger partial charge >= 0.3 is 12.0 Å². The van der Waals surface area contributed by atoms with E-state index in [-0.39, 0.29) is 28.6 Å². The molecular formula is C24H33F2N5O5S. The number of benzene rings is 1. The Labute approximate surface area is 218 Å². The molecule has 0 bridgehead atoms. The minimum Gasteiger partial charge on any atom is -0.471 e. The first kappa shape index (κ1) is 28.7. The highest BCUT2D eigenvalue weighted by molar-refractivity contribution is 7.11. The third-order valence-corrected chi connectivity index (χ3v) is 6.73. The SMILES string of the molecule is COC(=O)c1c(OCc2c(F)cc(C)cc2F)nsc1NC(=O)NCCCCN1CCN(CCO)CC1. The number of carbonyl (C=O) groups excluding carboxylic acids is 2. The van der Waals surface area contributed by atoms with Crippen LogP contribution < -0.4 is 15.4 Å². The van der Waals surface area contributed by atoms with Gasteiger partial charge in [-0.2, -0.15) is 4.37 Å². The average molecular weight is 542 g/mol. The Morgan fingerprint density at radius 3 is 2.38 bits per heavy atom. The lowest BCUT2D eigenvalue weighted by atomic mass is 10.1. The summed E-state index contributed by atoms with van der Waals surface area (Å²) < 4.78 is 42.5. The van der Waals surface area contributed by atoms with Crippen LogP contribution in [0.4, 0.5) is 18.6 Å². The first-order valence-electron chi connectivity index (χ1n) is 12.1. The predicted octanol–water partition coefficient (Wildman–Crippen LogP) is 2.61. The Balaban J connectivity index is 1.47. The molecule has 1 aliphatic heterocycles. The number of nitrogens with one attached hydrogen (secondary N) is 2. The molecule has 3 N–H and O–H groups in total. The minimum absolute atomic E-state index is 0.102. The molecule has 2 heterocycles. The van der Waals surface area contributed by atoms with Gasteiger partial charge in [0.2, 0.25) is 5.88 Å². The standard InChI is InChI=1S/C24H33F2N5O5S/c1-16-13-18(25)17(19(26)14-16)15-36-21-20(23(33)35-2)22(37-29-21)28-24(34)27-5-3-4-6-30-7-9-31(10-8-30)11-12-32/h13-14,32H,3-12,15H2,1-2H3,(H2,27,28,34). The number of aromatic nitrogens is 1. The van der Waals surface area contributed by atoms with Gasteiger partial charge in [-0.15, -0.1) is 0 Å². The van der Waals surface area contributed by atoms with Crippen LogP contribution in [0.2, 0.25) is 0 Å². The highest BCUT2D eigenvalue weighted by atomic mass is 32.1. The number of rotatable bonds is 12. The number of ether oxygens (including phenoxy) is 2. The number of anilines is 1. The van der Waals surface area contributed by atoms with Crippen molar-refractivity contribution in [2.45, 2.75) is 26.4 Å². The first-order valence-corrected chi connectivity index (χ1v) is 12.9. The van der Waals surface area contributed by atoms with Crippen LogP contribution in [0.25, 0.3) is 0 Å². The second-order valence-corrected chi connectivity index (χ2v) is 9.45. The molecule has 0 aliphatic carbocycles. The fourth-order valence-corrected chi connectivity index (χ4v) is 4.66. The second kappa shape index (κ2) is 14.2. The fraction of sp³-hybridized carbons (Fsp3) is 0.542. The number of nitrogens with zero attached hydrogens (tertiary/aromatic N) is 3. The van der Waals surface area contributed by atoms with Crippen molar-refractivity contribution in [2.75, 3.05) is 64.8 Å². The molecule has 204 valence electrons. The lowest BCUT2D eigenvalue weighted by molar-refractivity contribution is 0.0596. The Bertz CT molecular complexity index is 1040. The zero-order valence-electron chi connectivity index (χ0n) is 21.0. The molecule has 1 saturated heterocycles. The zero-order valence-corrected chi connectivity index (χ0v) is 21.8. The molecule has 0 atom stereocenters. The van der Waals surface area contributed by atoms with Crippen molar-refractivity contribution in [3.05, 3.63) is 40.5 Å². The van der Waals surface area contributed by atoms with E-state index in [4.69, 9.17) is 14.6 Å². The van der Waals surface area contributed by atoms with Crippen molar-refractivity contribution in [3.8, 4) is 5.88 Å². The summed E-state index contributed by atoms with van der Waals surface area (Å²) in [5.74, 6) is -2.53. The summed E-state index contributed by atoms with van der Waals surface area (Å²) in [6.07, 6.45) is 1.69. The van der Waals surface area contributed by atoms with Crippen molar-refractivity contribution in [1.82, 2.24) is 19.5 Å².